The predicted octanol–water partition coefficient (Wildman–Crippen LogP) is 1.19. The molecule has 0 aliphatic heterocycles. The second kappa shape index (κ2) is 8.12. The smallest absolute Gasteiger partial charge is 0.326 e. The summed E-state index contributed by atoms with van der Waals surface area (Å²) < 4.78 is 0.908. The van der Waals surface area contributed by atoms with Crippen molar-refractivity contribution in [3.63, 3.8) is 0 Å². The Kier molecular flexibility index (Phi) is 5.45. The van der Waals surface area contributed by atoms with Crippen LogP contribution < -0.4 is 21.9 Å². The molecule has 9 heteroatoms. The van der Waals surface area contributed by atoms with E-state index in [0.29, 0.717) is 17.1 Å². The molecule has 2 aromatic heterocycles. The molecule has 0 saturated carbocycles. The standard InChI is InChI=1S/C19H17N5O4/c1-12(25)22-13-6-4-7-14(9-13)23-17(26)16-10-21-19(28)24(18(16)27)11-15-5-2-3-8-20-15/h2-10H,11H2,1H3,(H,21,28)(H,22,25)(H,23,26). The van der Waals surface area contributed by atoms with Gasteiger partial charge in [0.15, 0.2) is 0 Å². The number of amides is 2. The molecule has 2 heterocycles. The average molecular weight is 379 g/mol. The maximum Gasteiger partial charge on any atom is 0.328 e. The third kappa shape index (κ3) is 4.39. The van der Waals surface area contributed by atoms with Gasteiger partial charge in [-0.05, 0) is 30.3 Å². The van der Waals surface area contributed by atoms with Crippen molar-refractivity contribution in [2.24, 2.45) is 0 Å². The molecular formula is C19H17N5O4. The number of hydrogen-bond donors (Lipinski definition) is 3. The lowest BCUT2D eigenvalue weighted by atomic mass is 10.2. The van der Waals surface area contributed by atoms with Crippen molar-refractivity contribution in [2.75, 3.05) is 10.6 Å². The van der Waals surface area contributed by atoms with Crippen molar-refractivity contribution in [1.82, 2.24) is 14.5 Å². The molecule has 3 rings (SSSR count). The molecule has 0 atom stereocenters. The van der Waals surface area contributed by atoms with E-state index < -0.39 is 17.2 Å². The van der Waals surface area contributed by atoms with Crippen LogP contribution >= 0.6 is 0 Å². The molecule has 0 radical (unpaired) electrons. The molecule has 0 saturated heterocycles. The average Bonchev–Trinajstić information content (AvgIpc) is 2.65. The Morgan fingerprint density at radius 3 is 2.50 bits per heavy atom. The number of benzene rings is 1. The van der Waals surface area contributed by atoms with E-state index in [1.54, 1.807) is 48.7 Å². The van der Waals surface area contributed by atoms with Gasteiger partial charge in [0, 0.05) is 30.7 Å². The van der Waals surface area contributed by atoms with Gasteiger partial charge in [-0.15, -0.1) is 0 Å². The molecule has 9 nitrogen and oxygen atoms in total. The minimum absolute atomic E-state index is 0.0614. The maximum absolute atomic E-state index is 12.6. The topological polar surface area (TPSA) is 126 Å². The highest BCUT2D eigenvalue weighted by atomic mass is 16.2. The van der Waals surface area contributed by atoms with Gasteiger partial charge in [-0.25, -0.2) is 4.79 Å². The number of pyridine rings is 1. The zero-order valence-corrected chi connectivity index (χ0v) is 14.9. The highest BCUT2D eigenvalue weighted by molar-refractivity contribution is 6.04. The third-order valence-electron chi connectivity index (χ3n) is 3.79. The van der Waals surface area contributed by atoms with Crippen LogP contribution in [0.4, 0.5) is 11.4 Å². The highest BCUT2D eigenvalue weighted by Gasteiger charge is 2.15. The molecule has 0 unspecified atom stereocenters. The fraction of sp³-hybridized carbons (Fsp3) is 0.105. The molecule has 0 fully saturated rings. The van der Waals surface area contributed by atoms with E-state index >= 15 is 0 Å². The zero-order chi connectivity index (χ0) is 20.1. The Balaban J connectivity index is 1.86. The Morgan fingerprint density at radius 1 is 1.07 bits per heavy atom. The molecule has 0 bridgehead atoms. The summed E-state index contributed by atoms with van der Waals surface area (Å²) in [5, 5.41) is 5.18. The molecule has 3 N–H and O–H groups in total. The van der Waals surface area contributed by atoms with Crippen LogP contribution in [-0.4, -0.2) is 26.3 Å². The van der Waals surface area contributed by atoms with Crippen molar-refractivity contribution in [1.29, 1.82) is 0 Å². The molecule has 3 aromatic rings. The van der Waals surface area contributed by atoms with Gasteiger partial charge in [0.1, 0.15) is 5.56 Å². The SMILES string of the molecule is CC(=O)Nc1cccc(NC(=O)c2c[nH]c(=O)n(Cc3ccccn3)c2=O)c1. The highest BCUT2D eigenvalue weighted by Crippen LogP contribution is 2.15. The molecule has 2 amide bonds. The van der Waals surface area contributed by atoms with Crippen molar-refractivity contribution in [2.45, 2.75) is 13.5 Å². The van der Waals surface area contributed by atoms with Crippen LogP contribution in [0.25, 0.3) is 0 Å². The van der Waals surface area contributed by atoms with Crippen LogP contribution in [0.15, 0.2) is 64.4 Å². The van der Waals surface area contributed by atoms with E-state index in [-0.39, 0.29) is 18.0 Å². The lowest BCUT2D eigenvalue weighted by Crippen LogP contribution is -2.39. The summed E-state index contributed by atoms with van der Waals surface area (Å²) in [7, 11) is 0. The largest absolute Gasteiger partial charge is 0.328 e. The zero-order valence-electron chi connectivity index (χ0n) is 14.9. The number of aromatic amines is 1. The van der Waals surface area contributed by atoms with Crippen molar-refractivity contribution in [3.8, 4) is 0 Å². The van der Waals surface area contributed by atoms with E-state index in [1.165, 1.54) is 6.92 Å². The van der Waals surface area contributed by atoms with Gasteiger partial charge < -0.3 is 15.6 Å². The van der Waals surface area contributed by atoms with E-state index in [4.69, 9.17) is 0 Å². The summed E-state index contributed by atoms with van der Waals surface area (Å²) in [6, 6.07) is 11.6. The molecular weight excluding hydrogens is 362 g/mol. The first-order valence-electron chi connectivity index (χ1n) is 8.35. The number of carbonyl (C=O) groups is 2. The van der Waals surface area contributed by atoms with Gasteiger partial charge in [0.25, 0.3) is 11.5 Å². The number of anilines is 2. The van der Waals surface area contributed by atoms with E-state index in [2.05, 4.69) is 20.6 Å². The van der Waals surface area contributed by atoms with Crippen LogP contribution in [0.1, 0.15) is 23.0 Å². The Labute approximate surface area is 159 Å². The Hall–Kier alpha value is -4.01. The van der Waals surface area contributed by atoms with E-state index in [1.807, 2.05) is 0 Å². The van der Waals surface area contributed by atoms with Crippen molar-refractivity contribution in [3.05, 3.63) is 87.0 Å². The van der Waals surface area contributed by atoms with Crippen LogP contribution in [0.3, 0.4) is 0 Å². The number of hydrogen-bond acceptors (Lipinski definition) is 5. The van der Waals surface area contributed by atoms with Crippen LogP contribution in [-0.2, 0) is 11.3 Å². The summed E-state index contributed by atoms with van der Waals surface area (Å²) in [5.41, 5.74) is -0.196. The second-order valence-corrected chi connectivity index (χ2v) is 5.94. The van der Waals surface area contributed by atoms with Gasteiger partial charge in [0.2, 0.25) is 5.91 Å². The maximum atomic E-state index is 12.6. The van der Waals surface area contributed by atoms with Crippen molar-refractivity contribution < 1.29 is 9.59 Å². The Bertz CT molecular complexity index is 1130. The summed E-state index contributed by atoms with van der Waals surface area (Å²) in [6.07, 6.45) is 2.62. The molecule has 0 aliphatic carbocycles. The quantitative estimate of drug-likeness (QED) is 0.614. The fourth-order valence-corrected chi connectivity index (χ4v) is 2.55. The van der Waals surface area contributed by atoms with Gasteiger partial charge >= 0.3 is 5.69 Å². The second-order valence-electron chi connectivity index (χ2n) is 5.94. The fourth-order valence-electron chi connectivity index (χ4n) is 2.55. The molecule has 1 aromatic carbocycles. The summed E-state index contributed by atoms with van der Waals surface area (Å²) in [4.78, 5) is 54.8. The number of nitrogens with zero attached hydrogens (tertiary/aromatic N) is 2. The lowest BCUT2D eigenvalue weighted by Gasteiger charge is -2.09. The molecule has 142 valence electrons. The number of rotatable bonds is 5. The van der Waals surface area contributed by atoms with Crippen LogP contribution in [0.5, 0.6) is 0 Å². The van der Waals surface area contributed by atoms with Gasteiger partial charge in [0.05, 0.1) is 12.2 Å². The van der Waals surface area contributed by atoms with Crippen LogP contribution in [0.2, 0.25) is 0 Å². The summed E-state index contributed by atoms with van der Waals surface area (Å²) in [6.45, 7) is 1.31. The Morgan fingerprint density at radius 2 is 1.82 bits per heavy atom. The first kappa shape index (κ1) is 18.8. The monoisotopic (exact) mass is 379 g/mol. The number of aromatic nitrogens is 3. The number of carbonyl (C=O) groups excluding carboxylic acids is 2. The molecule has 28 heavy (non-hydrogen) atoms. The number of H-pyrrole nitrogens is 1. The van der Waals surface area contributed by atoms with Gasteiger partial charge in [-0.2, -0.15) is 0 Å². The predicted molar refractivity (Wildman–Crippen MR) is 103 cm³/mol. The molecule has 0 spiro atoms. The van der Waals surface area contributed by atoms with E-state index in [0.717, 1.165) is 10.8 Å². The minimum Gasteiger partial charge on any atom is -0.326 e. The summed E-state index contributed by atoms with van der Waals surface area (Å²) in [5.74, 6) is -0.933. The molecule has 0 aliphatic rings. The minimum atomic E-state index is -0.732. The van der Waals surface area contributed by atoms with Crippen LogP contribution in [0, 0.1) is 0 Å². The summed E-state index contributed by atoms with van der Waals surface area (Å²) >= 11 is 0. The van der Waals surface area contributed by atoms with Gasteiger partial charge in [-0.1, -0.05) is 12.1 Å². The first-order valence-corrected chi connectivity index (χ1v) is 8.35. The third-order valence-corrected chi connectivity index (χ3v) is 3.79. The number of nitrogens with one attached hydrogen (secondary N) is 3. The van der Waals surface area contributed by atoms with E-state index in [9.17, 15) is 19.2 Å². The normalized spacial score (nSPS) is 10.3. The lowest BCUT2D eigenvalue weighted by molar-refractivity contribution is -0.114. The first-order chi connectivity index (χ1) is 13.4. The van der Waals surface area contributed by atoms with Gasteiger partial charge in [-0.3, -0.25) is 23.9 Å². The van der Waals surface area contributed by atoms with Crippen molar-refractivity contribution >= 4 is 23.2 Å².